The second kappa shape index (κ2) is 2.17. The van der Waals surface area contributed by atoms with Gasteiger partial charge in [0.05, 0.1) is 19.3 Å². The topological polar surface area (TPSA) is 58.9 Å². The van der Waals surface area contributed by atoms with E-state index in [1.165, 1.54) is 0 Å². The Hall–Kier alpha value is -0.160. The molecule has 11 heavy (non-hydrogen) atoms. The van der Waals surface area contributed by atoms with Gasteiger partial charge in [-0.25, -0.2) is 0 Å². The molecule has 3 unspecified atom stereocenters. The Morgan fingerprint density at radius 3 is 2.64 bits per heavy atom. The third kappa shape index (κ3) is 0.780. The van der Waals surface area contributed by atoms with Gasteiger partial charge in [-0.15, -0.1) is 0 Å². The summed E-state index contributed by atoms with van der Waals surface area (Å²) in [6.45, 7) is 1.97. The number of fused-ring (bicyclic) bond motifs is 2. The summed E-state index contributed by atoms with van der Waals surface area (Å²) in [5.74, 6) is 0. The van der Waals surface area contributed by atoms with E-state index in [1.54, 1.807) is 0 Å². The molecular formula is C7H12O4. The molecule has 0 saturated carbocycles. The van der Waals surface area contributed by atoms with Crippen LogP contribution in [0.2, 0.25) is 0 Å². The van der Waals surface area contributed by atoms with Crippen molar-refractivity contribution in [2.45, 2.75) is 30.8 Å². The first-order valence-corrected chi connectivity index (χ1v) is 3.78. The lowest BCUT2D eigenvalue weighted by molar-refractivity contribution is -0.155. The van der Waals surface area contributed by atoms with Crippen molar-refractivity contribution in [1.82, 2.24) is 0 Å². The normalized spacial score (nSPS) is 55.4. The number of aliphatic hydroxyl groups excluding tert-OH is 2. The average Bonchev–Trinajstić information content (AvgIpc) is 2.42. The molecule has 64 valence electrons. The van der Waals surface area contributed by atoms with E-state index < -0.39 is 11.7 Å². The van der Waals surface area contributed by atoms with E-state index in [2.05, 4.69) is 0 Å². The molecule has 0 aromatic rings. The first-order chi connectivity index (χ1) is 5.19. The summed E-state index contributed by atoms with van der Waals surface area (Å²) in [5.41, 5.74) is -0.829. The summed E-state index contributed by atoms with van der Waals surface area (Å²) in [5, 5.41) is 18.5. The Labute approximate surface area is 64.7 Å². The number of aliphatic hydroxyl groups is 2. The molecule has 2 rings (SSSR count). The van der Waals surface area contributed by atoms with Gasteiger partial charge in [-0.2, -0.15) is 0 Å². The molecule has 2 saturated heterocycles. The van der Waals surface area contributed by atoms with Gasteiger partial charge in [0.15, 0.2) is 0 Å². The predicted molar refractivity (Wildman–Crippen MR) is 36.1 cm³/mol. The Balaban J connectivity index is 2.24. The summed E-state index contributed by atoms with van der Waals surface area (Å²) in [7, 11) is 0. The monoisotopic (exact) mass is 160 g/mol. The first-order valence-electron chi connectivity index (χ1n) is 3.78. The second-order valence-corrected chi connectivity index (χ2v) is 3.27. The minimum absolute atomic E-state index is 0.106. The van der Waals surface area contributed by atoms with E-state index in [-0.39, 0.29) is 18.8 Å². The molecule has 0 amide bonds. The first kappa shape index (κ1) is 7.49. The van der Waals surface area contributed by atoms with E-state index in [9.17, 15) is 5.11 Å². The molecule has 0 spiro atoms. The third-order valence-electron chi connectivity index (χ3n) is 2.52. The highest BCUT2D eigenvalue weighted by atomic mass is 16.6. The van der Waals surface area contributed by atoms with Gasteiger partial charge in [-0.05, 0) is 6.92 Å². The fourth-order valence-electron chi connectivity index (χ4n) is 1.82. The molecule has 4 atom stereocenters. The van der Waals surface area contributed by atoms with Crippen LogP contribution in [0.4, 0.5) is 0 Å². The molecule has 4 nitrogen and oxygen atoms in total. The van der Waals surface area contributed by atoms with E-state index >= 15 is 0 Å². The highest BCUT2D eigenvalue weighted by Crippen LogP contribution is 2.39. The number of hydrogen-bond acceptors (Lipinski definition) is 4. The minimum Gasteiger partial charge on any atom is -0.393 e. The average molecular weight is 160 g/mol. The maximum atomic E-state index is 9.54. The lowest BCUT2D eigenvalue weighted by Gasteiger charge is -2.26. The molecule has 2 fully saturated rings. The summed E-state index contributed by atoms with van der Waals surface area (Å²) in [6.07, 6.45) is -1.02. The largest absolute Gasteiger partial charge is 0.393 e. The summed E-state index contributed by atoms with van der Waals surface area (Å²) >= 11 is 0. The van der Waals surface area contributed by atoms with Crippen molar-refractivity contribution in [2.75, 3.05) is 13.2 Å². The highest BCUT2D eigenvalue weighted by molar-refractivity contribution is 5.06. The lowest BCUT2D eigenvalue weighted by Crippen LogP contribution is -2.44. The van der Waals surface area contributed by atoms with Crippen LogP contribution < -0.4 is 0 Å². The molecule has 2 aliphatic heterocycles. The SMILES string of the molecule is CC1OC2(CO)CO[C@H]1C2O. The summed E-state index contributed by atoms with van der Waals surface area (Å²) < 4.78 is 10.6. The van der Waals surface area contributed by atoms with Crippen molar-refractivity contribution in [1.29, 1.82) is 0 Å². The standard InChI is InChI=1S/C7H12O4/c1-4-5-6(9)7(2-8,11-4)3-10-5/h4-6,8-9H,2-3H2,1H3/t4?,5-,6?,7?/m1/s1. The van der Waals surface area contributed by atoms with Crippen molar-refractivity contribution in [3.63, 3.8) is 0 Å². The summed E-state index contributed by atoms with van der Waals surface area (Å²) in [4.78, 5) is 0. The van der Waals surface area contributed by atoms with Crippen molar-refractivity contribution in [3.05, 3.63) is 0 Å². The lowest BCUT2D eigenvalue weighted by atomic mass is 10.0. The fourth-order valence-corrected chi connectivity index (χ4v) is 1.82. The molecule has 4 heteroatoms. The van der Waals surface area contributed by atoms with E-state index in [4.69, 9.17) is 14.6 Å². The zero-order valence-corrected chi connectivity index (χ0v) is 6.36. The van der Waals surface area contributed by atoms with Gasteiger partial charge < -0.3 is 19.7 Å². The van der Waals surface area contributed by atoms with Crippen LogP contribution in [0.25, 0.3) is 0 Å². The quantitative estimate of drug-likeness (QED) is 0.511. The summed E-state index contributed by atoms with van der Waals surface area (Å²) in [6, 6.07) is 0. The Bertz CT molecular complexity index is 172. The molecule has 2 bridgehead atoms. The Morgan fingerprint density at radius 1 is 1.64 bits per heavy atom. The number of hydrogen-bond donors (Lipinski definition) is 2. The zero-order chi connectivity index (χ0) is 8.06. The van der Waals surface area contributed by atoms with Crippen LogP contribution in [0.5, 0.6) is 0 Å². The smallest absolute Gasteiger partial charge is 0.143 e. The Kier molecular flexibility index (Phi) is 1.47. The van der Waals surface area contributed by atoms with Crippen molar-refractivity contribution >= 4 is 0 Å². The molecule has 2 aliphatic rings. The van der Waals surface area contributed by atoms with Gasteiger partial charge in [0.1, 0.15) is 17.8 Å². The van der Waals surface area contributed by atoms with E-state index in [0.717, 1.165) is 0 Å². The van der Waals surface area contributed by atoms with Crippen molar-refractivity contribution < 1.29 is 19.7 Å². The van der Waals surface area contributed by atoms with Crippen molar-refractivity contribution in [3.8, 4) is 0 Å². The van der Waals surface area contributed by atoms with E-state index in [0.29, 0.717) is 6.61 Å². The van der Waals surface area contributed by atoms with Crippen LogP contribution in [0.1, 0.15) is 6.92 Å². The molecule has 0 aliphatic carbocycles. The van der Waals surface area contributed by atoms with Gasteiger partial charge in [0, 0.05) is 0 Å². The molecule has 0 aromatic heterocycles. The van der Waals surface area contributed by atoms with Crippen LogP contribution in [-0.2, 0) is 9.47 Å². The van der Waals surface area contributed by atoms with Gasteiger partial charge in [-0.3, -0.25) is 0 Å². The Morgan fingerprint density at radius 2 is 2.36 bits per heavy atom. The van der Waals surface area contributed by atoms with Gasteiger partial charge in [0.25, 0.3) is 0 Å². The number of rotatable bonds is 1. The highest BCUT2D eigenvalue weighted by Gasteiger charge is 2.59. The zero-order valence-electron chi connectivity index (χ0n) is 6.36. The van der Waals surface area contributed by atoms with Crippen LogP contribution in [0.3, 0.4) is 0 Å². The molecule has 2 N–H and O–H groups in total. The van der Waals surface area contributed by atoms with Gasteiger partial charge in [-0.1, -0.05) is 0 Å². The van der Waals surface area contributed by atoms with Crippen LogP contribution >= 0.6 is 0 Å². The minimum atomic E-state index is -0.829. The second-order valence-electron chi connectivity index (χ2n) is 3.27. The van der Waals surface area contributed by atoms with Gasteiger partial charge in [0.2, 0.25) is 0 Å². The molecule has 2 heterocycles. The molecular weight excluding hydrogens is 148 g/mol. The van der Waals surface area contributed by atoms with Gasteiger partial charge >= 0.3 is 0 Å². The molecule has 0 aromatic carbocycles. The van der Waals surface area contributed by atoms with Crippen molar-refractivity contribution in [2.24, 2.45) is 0 Å². The third-order valence-corrected chi connectivity index (χ3v) is 2.52. The number of ether oxygens (including phenoxy) is 2. The maximum Gasteiger partial charge on any atom is 0.143 e. The van der Waals surface area contributed by atoms with Crippen LogP contribution in [0.15, 0.2) is 0 Å². The fraction of sp³-hybridized carbons (Fsp3) is 1.00. The van der Waals surface area contributed by atoms with Crippen LogP contribution in [-0.4, -0.2) is 47.3 Å². The molecule has 0 radical (unpaired) electrons. The predicted octanol–water partition coefficient (Wildman–Crippen LogP) is -1.10. The van der Waals surface area contributed by atoms with E-state index in [1.807, 2.05) is 6.92 Å². The maximum absolute atomic E-state index is 9.54. The van der Waals surface area contributed by atoms with Crippen LogP contribution in [0, 0.1) is 0 Å².